The number of benzene rings is 1. The third-order valence-corrected chi connectivity index (χ3v) is 2.47. The summed E-state index contributed by atoms with van der Waals surface area (Å²) in [6.45, 7) is 4.35. The monoisotopic (exact) mass is 225 g/mol. The van der Waals surface area contributed by atoms with Crippen LogP contribution in [-0.4, -0.2) is 12.6 Å². The fraction of sp³-hybridized carbons (Fsp3) is 0.538. The van der Waals surface area contributed by atoms with Crippen LogP contribution < -0.4 is 10.5 Å². The van der Waals surface area contributed by atoms with Gasteiger partial charge in [0.05, 0.1) is 6.61 Å². The van der Waals surface area contributed by atoms with Crippen molar-refractivity contribution in [2.45, 2.75) is 39.2 Å². The van der Waals surface area contributed by atoms with Crippen molar-refractivity contribution in [1.29, 1.82) is 0 Å². The quantitative estimate of drug-likeness (QED) is 0.755. The van der Waals surface area contributed by atoms with Gasteiger partial charge in [-0.1, -0.05) is 6.07 Å². The highest BCUT2D eigenvalue weighted by Crippen LogP contribution is 2.16. The first-order valence-corrected chi connectivity index (χ1v) is 5.74. The molecular formula is C13H20FNO. The molecule has 0 fully saturated rings. The summed E-state index contributed by atoms with van der Waals surface area (Å²) in [5, 5.41) is 0. The third-order valence-electron chi connectivity index (χ3n) is 2.47. The number of halogens is 1. The highest BCUT2D eigenvalue weighted by molar-refractivity contribution is 5.27. The maximum absolute atomic E-state index is 13.2. The largest absolute Gasteiger partial charge is 0.493 e. The summed E-state index contributed by atoms with van der Waals surface area (Å²) in [6, 6.07) is 5.20. The number of unbranched alkanes of at least 4 members (excludes halogenated alkanes) is 1. The number of aryl methyl sites for hydroxylation is 1. The maximum atomic E-state index is 13.2. The van der Waals surface area contributed by atoms with E-state index in [4.69, 9.17) is 10.5 Å². The molecule has 0 amide bonds. The van der Waals surface area contributed by atoms with Crippen LogP contribution in [-0.2, 0) is 0 Å². The molecule has 3 heteroatoms. The van der Waals surface area contributed by atoms with Crippen molar-refractivity contribution < 1.29 is 9.13 Å². The Hall–Kier alpha value is -1.09. The van der Waals surface area contributed by atoms with Crippen molar-refractivity contribution in [2.24, 2.45) is 5.73 Å². The van der Waals surface area contributed by atoms with Gasteiger partial charge in [-0.15, -0.1) is 0 Å². The van der Waals surface area contributed by atoms with Crippen LogP contribution in [0.15, 0.2) is 18.2 Å². The molecule has 0 aliphatic rings. The highest BCUT2D eigenvalue weighted by Gasteiger charge is 2.00. The zero-order valence-electron chi connectivity index (χ0n) is 10.0. The first-order chi connectivity index (χ1) is 7.59. The van der Waals surface area contributed by atoms with Gasteiger partial charge in [-0.2, -0.15) is 0 Å². The maximum Gasteiger partial charge on any atom is 0.129 e. The van der Waals surface area contributed by atoms with Crippen molar-refractivity contribution in [1.82, 2.24) is 0 Å². The third kappa shape index (κ3) is 4.62. The summed E-state index contributed by atoms with van der Waals surface area (Å²) in [4.78, 5) is 0. The van der Waals surface area contributed by atoms with Gasteiger partial charge in [0, 0.05) is 12.1 Å². The predicted octanol–water partition coefficient (Wildman–Crippen LogP) is 3.03. The Morgan fingerprint density at radius 1 is 1.38 bits per heavy atom. The Labute approximate surface area is 96.6 Å². The molecule has 1 aromatic carbocycles. The average molecular weight is 225 g/mol. The predicted molar refractivity (Wildman–Crippen MR) is 64.1 cm³/mol. The van der Waals surface area contributed by atoms with Crippen LogP contribution in [0.5, 0.6) is 5.75 Å². The average Bonchev–Trinajstić information content (AvgIpc) is 2.22. The smallest absolute Gasteiger partial charge is 0.129 e. The summed E-state index contributed by atoms with van der Waals surface area (Å²) >= 11 is 0. The van der Waals surface area contributed by atoms with Crippen LogP contribution in [0.25, 0.3) is 0 Å². The second-order valence-corrected chi connectivity index (χ2v) is 4.23. The number of ether oxygens (including phenoxy) is 1. The lowest BCUT2D eigenvalue weighted by atomic mass is 10.1. The second kappa shape index (κ2) is 6.48. The van der Waals surface area contributed by atoms with E-state index in [0.29, 0.717) is 17.9 Å². The molecule has 1 aromatic rings. The van der Waals surface area contributed by atoms with Crippen LogP contribution in [0.3, 0.4) is 0 Å². The highest BCUT2D eigenvalue weighted by atomic mass is 19.1. The van der Waals surface area contributed by atoms with Crippen molar-refractivity contribution >= 4 is 0 Å². The molecule has 0 aliphatic heterocycles. The SMILES string of the molecule is Cc1ccc(OCCCCC(C)N)cc1F. The van der Waals surface area contributed by atoms with Crippen LogP contribution in [0.4, 0.5) is 4.39 Å². The first kappa shape index (κ1) is 13.0. The minimum absolute atomic E-state index is 0.215. The molecular weight excluding hydrogens is 205 g/mol. The zero-order chi connectivity index (χ0) is 12.0. The molecule has 16 heavy (non-hydrogen) atoms. The van der Waals surface area contributed by atoms with Crippen molar-refractivity contribution in [2.75, 3.05) is 6.61 Å². The lowest BCUT2D eigenvalue weighted by Gasteiger charge is -2.08. The van der Waals surface area contributed by atoms with Gasteiger partial charge in [0.2, 0.25) is 0 Å². The van der Waals surface area contributed by atoms with Crippen LogP contribution >= 0.6 is 0 Å². The normalized spacial score (nSPS) is 12.5. The second-order valence-electron chi connectivity index (χ2n) is 4.23. The molecule has 90 valence electrons. The Balaban J connectivity index is 2.24. The summed E-state index contributed by atoms with van der Waals surface area (Å²) in [5.41, 5.74) is 6.27. The van der Waals surface area contributed by atoms with E-state index in [-0.39, 0.29) is 11.9 Å². The Morgan fingerprint density at radius 2 is 2.12 bits per heavy atom. The van der Waals surface area contributed by atoms with Gasteiger partial charge < -0.3 is 10.5 Å². The van der Waals surface area contributed by atoms with Gasteiger partial charge in [0.15, 0.2) is 0 Å². The molecule has 2 nitrogen and oxygen atoms in total. The molecule has 0 aliphatic carbocycles. The number of rotatable bonds is 6. The lowest BCUT2D eigenvalue weighted by molar-refractivity contribution is 0.302. The van der Waals surface area contributed by atoms with Crippen LogP contribution in [0, 0.1) is 12.7 Å². The molecule has 0 spiro atoms. The van der Waals surface area contributed by atoms with Crippen LogP contribution in [0.2, 0.25) is 0 Å². The Morgan fingerprint density at radius 3 is 2.75 bits per heavy atom. The van der Waals surface area contributed by atoms with E-state index in [2.05, 4.69) is 0 Å². The van der Waals surface area contributed by atoms with E-state index >= 15 is 0 Å². The van der Waals surface area contributed by atoms with Gasteiger partial charge in [0.25, 0.3) is 0 Å². The fourth-order valence-corrected chi connectivity index (χ4v) is 1.42. The Bertz CT molecular complexity index is 326. The Kier molecular flexibility index (Phi) is 5.26. The van der Waals surface area contributed by atoms with E-state index in [1.54, 1.807) is 19.1 Å². The fourth-order valence-electron chi connectivity index (χ4n) is 1.42. The summed E-state index contributed by atoms with van der Waals surface area (Å²) in [6.07, 6.45) is 3.01. The topological polar surface area (TPSA) is 35.2 Å². The van der Waals surface area contributed by atoms with E-state index in [9.17, 15) is 4.39 Å². The molecule has 1 atom stereocenters. The molecule has 0 radical (unpaired) electrons. The van der Waals surface area contributed by atoms with Gasteiger partial charge >= 0.3 is 0 Å². The van der Waals surface area contributed by atoms with E-state index < -0.39 is 0 Å². The molecule has 0 aromatic heterocycles. The van der Waals surface area contributed by atoms with E-state index in [1.165, 1.54) is 6.07 Å². The van der Waals surface area contributed by atoms with Gasteiger partial charge in [-0.05, 0) is 44.7 Å². The van der Waals surface area contributed by atoms with Crippen molar-refractivity contribution in [3.8, 4) is 5.75 Å². The van der Waals surface area contributed by atoms with Crippen LogP contribution in [0.1, 0.15) is 31.7 Å². The molecule has 0 bridgehead atoms. The van der Waals surface area contributed by atoms with Gasteiger partial charge in [0.1, 0.15) is 11.6 Å². The molecule has 1 unspecified atom stereocenters. The number of nitrogens with two attached hydrogens (primary N) is 1. The summed E-state index contributed by atoms with van der Waals surface area (Å²) < 4.78 is 18.6. The molecule has 2 N–H and O–H groups in total. The van der Waals surface area contributed by atoms with E-state index in [0.717, 1.165) is 19.3 Å². The van der Waals surface area contributed by atoms with E-state index in [1.807, 2.05) is 6.92 Å². The van der Waals surface area contributed by atoms with Crippen molar-refractivity contribution in [3.63, 3.8) is 0 Å². The minimum Gasteiger partial charge on any atom is -0.493 e. The lowest BCUT2D eigenvalue weighted by Crippen LogP contribution is -2.14. The first-order valence-electron chi connectivity index (χ1n) is 5.74. The number of hydrogen-bond acceptors (Lipinski definition) is 2. The molecule has 1 rings (SSSR count). The molecule has 0 saturated carbocycles. The van der Waals surface area contributed by atoms with Gasteiger partial charge in [-0.25, -0.2) is 4.39 Å². The van der Waals surface area contributed by atoms with Crippen molar-refractivity contribution in [3.05, 3.63) is 29.6 Å². The number of hydrogen-bond donors (Lipinski definition) is 1. The summed E-state index contributed by atoms with van der Waals surface area (Å²) in [5.74, 6) is 0.386. The van der Waals surface area contributed by atoms with Gasteiger partial charge in [-0.3, -0.25) is 0 Å². The molecule has 0 heterocycles. The zero-order valence-corrected chi connectivity index (χ0v) is 10.0. The standard InChI is InChI=1S/C13H20FNO/c1-10-6-7-12(9-13(10)14)16-8-4-3-5-11(2)15/h6-7,9,11H,3-5,8,15H2,1-2H3. The minimum atomic E-state index is -0.215. The molecule has 0 saturated heterocycles. The summed E-state index contributed by atoms with van der Waals surface area (Å²) in [7, 11) is 0.